The van der Waals surface area contributed by atoms with Crippen molar-refractivity contribution in [1.82, 2.24) is 14.5 Å². The van der Waals surface area contributed by atoms with E-state index in [1.807, 2.05) is 29.7 Å². The van der Waals surface area contributed by atoms with E-state index in [1.54, 1.807) is 18.3 Å². The highest BCUT2D eigenvalue weighted by Crippen LogP contribution is 2.26. The summed E-state index contributed by atoms with van der Waals surface area (Å²) in [6.07, 6.45) is -2.92. The van der Waals surface area contributed by atoms with Crippen LogP contribution < -0.4 is 9.47 Å². The van der Waals surface area contributed by atoms with Crippen molar-refractivity contribution < 1.29 is 32.5 Å². The van der Waals surface area contributed by atoms with Gasteiger partial charge in [0.05, 0.1) is 23.1 Å². The van der Waals surface area contributed by atoms with Crippen LogP contribution in [0.15, 0.2) is 60.8 Å². The molecule has 4 rings (SSSR count). The van der Waals surface area contributed by atoms with Gasteiger partial charge in [0.1, 0.15) is 23.9 Å². The molecule has 10 heteroatoms. The number of fused-ring (bicyclic) bond motifs is 1. The number of hydrogen-bond acceptors (Lipinski definition) is 5. The fraction of sp³-hybridized carbons (Fsp3) is 0.240. The SMILES string of the molecule is Cc1ccc(COc2ccc3nc(CCC(=O)O)n(Cc4ccc(OC(F)(F)F)cc4)c3c2)nc1. The topological polar surface area (TPSA) is 86.5 Å². The molecule has 7 nitrogen and oxygen atoms in total. The third-order valence-corrected chi connectivity index (χ3v) is 5.22. The lowest BCUT2D eigenvalue weighted by Crippen LogP contribution is -2.17. The number of ether oxygens (including phenoxy) is 2. The van der Waals surface area contributed by atoms with Crippen molar-refractivity contribution >= 4 is 17.0 Å². The van der Waals surface area contributed by atoms with Crippen LogP contribution in [0.5, 0.6) is 11.5 Å². The number of hydrogen-bond donors (Lipinski definition) is 1. The second-order valence-corrected chi connectivity index (χ2v) is 7.97. The predicted molar refractivity (Wildman–Crippen MR) is 121 cm³/mol. The molecule has 35 heavy (non-hydrogen) atoms. The minimum atomic E-state index is -4.77. The first-order chi connectivity index (χ1) is 16.7. The lowest BCUT2D eigenvalue weighted by atomic mass is 10.2. The van der Waals surface area contributed by atoms with Gasteiger partial charge in [0, 0.05) is 25.2 Å². The van der Waals surface area contributed by atoms with Gasteiger partial charge < -0.3 is 19.1 Å². The van der Waals surface area contributed by atoms with E-state index in [-0.39, 0.29) is 31.7 Å². The van der Waals surface area contributed by atoms with Crippen LogP contribution in [0.25, 0.3) is 11.0 Å². The maximum atomic E-state index is 12.5. The average molecular weight is 485 g/mol. The number of halogens is 3. The van der Waals surface area contributed by atoms with Crippen LogP contribution >= 0.6 is 0 Å². The van der Waals surface area contributed by atoms with E-state index >= 15 is 0 Å². The summed E-state index contributed by atoms with van der Waals surface area (Å²) in [6.45, 7) is 2.50. The lowest BCUT2D eigenvalue weighted by molar-refractivity contribution is -0.274. The van der Waals surface area contributed by atoms with Gasteiger partial charge in [0.25, 0.3) is 0 Å². The molecule has 0 unspecified atom stereocenters. The molecule has 0 aliphatic heterocycles. The monoisotopic (exact) mass is 485 g/mol. The summed E-state index contributed by atoms with van der Waals surface area (Å²) < 4.78 is 49.0. The van der Waals surface area contributed by atoms with Gasteiger partial charge in [-0.2, -0.15) is 0 Å². The molecular formula is C25H22F3N3O4. The number of benzene rings is 2. The fourth-order valence-electron chi connectivity index (χ4n) is 3.55. The predicted octanol–water partition coefficient (Wildman–Crippen LogP) is 5.28. The number of rotatable bonds is 9. The second kappa shape index (κ2) is 10.0. The Morgan fingerprint density at radius 2 is 1.80 bits per heavy atom. The third kappa shape index (κ3) is 6.50. The molecule has 4 aromatic rings. The van der Waals surface area contributed by atoms with E-state index in [9.17, 15) is 18.0 Å². The first kappa shape index (κ1) is 24.1. The van der Waals surface area contributed by atoms with Crippen LogP contribution in [0.1, 0.15) is 29.1 Å². The number of nitrogens with zero attached hydrogens (tertiary/aromatic N) is 3. The number of alkyl halides is 3. The first-order valence-electron chi connectivity index (χ1n) is 10.8. The Morgan fingerprint density at radius 1 is 1.06 bits per heavy atom. The van der Waals surface area contributed by atoms with E-state index < -0.39 is 12.3 Å². The average Bonchev–Trinajstić information content (AvgIpc) is 3.14. The Labute approximate surface area is 198 Å². The van der Waals surface area contributed by atoms with Crippen LogP contribution in [-0.2, 0) is 24.4 Å². The van der Waals surface area contributed by atoms with Crippen molar-refractivity contribution in [3.63, 3.8) is 0 Å². The second-order valence-electron chi connectivity index (χ2n) is 7.97. The molecule has 0 saturated heterocycles. The van der Waals surface area contributed by atoms with Crippen LogP contribution in [-0.4, -0.2) is 32.0 Å². The number of aryl methyl sites for hydroxylation is 2. The quantitative estimate of drug-likeness (QED) is 0.347. The fourth-order valence-corrected chi connectivity index (χ4v) is 3.55. The summed E-state index contributed by atoms with van der Waals surface area (Å²) in [4.78, 5) is 20.0. The molecule has 2 aromatic carbocycles. The van der Waals surface area contributed by atoms with Crippen molar-refractivity contribution in [3.8, 4) is 11.5 Å². The molecule has 0 spiro atoms. The van der Waals surface area contributed by atoms with Gasteiger partial charge in [-0.25, -0.2) is 4.98 Å². The lowest BCUT2D eigenvalue weighted by Gasteiger charge is -2.12. The maximum Gasteiger partial charge on any atom is 0.573 e. The number of aliphatic carboxylic acids is 1. The highest BCUT2D eigenvalue weighted by atomic mass is 19.4. The minimum absolute atomic E-state index is 0.107. The number of carbonyl (C=O) groups is 1. The molecule has 0 saturated carbocycles. The summed E-state index contributed by atoms with van der Waals surface area (Å²) >= 11 is 0. The van der Waals surface area contributed by atoms with Crippen LogP contribution in [0.2, 0.25) is 0 Å². The molecule has 2 aromatic heterocycles. The molecular weight excluding hydrogens is 463 g/mol. The summed E-state index contributed by atoms with van der Waals surface area (Å²) in [5.74, 6) is -0.134. The Hall–Kier alpha value is -4.08. The molecule has 0 bridgehead atoms. The van der Waals surface area contributed by atoms with E-state index in [2.05, 4.69) is 14.7 Å². The van der Waals surface area contributed by atoms with Crippen molar-refractivity contribution in [3.05, 3.63) is 83.4 Å². The summed E-state index contributed by atoms with van der Waals surface area (Å²) in [6, 6.07) is 14.7. The van der Waals surface area contributed by atoms with E-state index in [0.717, 1.165) is 16.8 Å². The van der Waals surface area contributed by atoms with Gasteiger partial charge in [-0.1, -0.05) is 18.2 Å². The zero-order chi connectivity index (χ0) is 25.0. The summed E-state index contributed by atoms with van der Waals surface area (Å²) in [5.41, 5.74) is 3.89. The van der Waals surface area contributed by atoms with Gasteiger partial charge in [-0.05, 0) is 48.4 Å². The largest absolute Gasteiger partial charge is 0.573 e. The normalized spacial score (nSPS) is 11.5. The smallest absolute Gasteiger partial charge is 0.487 e. The van der Waals surface area contributed by atoms with Gasteiger partial charge in [0.2, 0.25) is 0 Å². The highest BCUT2D eigenvalue weighted by Gasteiger charge is 2.31. The zero-order valence-electron chi connectivity index (χ0n) is 18.7. The Kier molecular flexibility index (Phi) is 6.90. The van der Waals surface area contributed by atoms with Crippen LogP contribution in [0, 0.1) is 6.92 Å². The Bertz CT molecular complexity index is 1320. The van der Waals surface area contributed by atoms with Gasteiger partial charge in [-0.15, -0.1) is 13.2 Å². The molecule has 0 atom stereocenters. The molecule has 2 heterocycles. The zero-order valence-corrected chi connectivity index (χ0v) is 18.7. The maximum absolute atomic E-state index is 12.5. The molecule has 0 aliphatic carbocycles. The van der Waals surface area contributed by atoms with Crippen molar-refractivity contribution in [1.29, 1.82) is 0 Å². The molecule has 0 aliphatic rings. The summed E-state index contributed by atoms with van der Waals surface area (Å²) in [5, 5.41) is 9.12. The number of carboxylic acid groups (broad SMARTS) is 1. The van der Waals surface area contributed by atoms with E-state index in [1.165, 1.54) is 24.3 Å². The standard InChI is InChI=1S/C25H22F3N3O4/c1-16-2-5-18(29-13-16)15-34-20-8-9-21-22(12-20)31(23(30-21)10-11-24(32)33)14-17-3-6-19(7-4-17)35-25(26,27)28/h2-9,12-13H,10-11,14-15H2,1H3,(H,32,33). The van der Waals surface area contributed by atoms with Crippen LogP contribution in [0.4, 0.5) is 13.2 Å². The summed E-state index contributed by atoms with van der Waals surface area (Å²) in [7, 11) is 0. The highest BCUT2D eigenvalue weighted by molar-refractivity contribution is 5.78. The van der Waals surface area contributed by atoms with Crippen molar-refractivity contribution in [2.45, 2.75) is 39.3 Å². The molecule has 1 N–H and O–H groups in total. The molecule has 0 fully saturated rings. The van der Waals surface area contributed by atoms with Crippen molar-refractivity contribution in [2.24, 2.45) is 0 Å². The minimum Gasteiger partial charge on any atom is -0.487 e. The number of carboxylic acids is 1. The molecule has 182 valence electrons. The van der Waals surface area contributed by atoms with E-state index in [0.29, 0.717) is 22.7 Å². The van der Waals surface area contributed by atoms with Gasteiger partial charge in [-0.3, -0.25) is 9.78 Å². The number of imidazole rings is 1. The molecule has 0 radical (unpaired) electrons. The van der Waals surface area contributed by atoms with Gasteiger partial charge in [0.15, 0.2) is 0 Å². The third-order valence-electron chi connectivity index (χ3n) is 5.22. The Morgan fingerprint density at radius 3 is 2.46 bits per heavy atom. The van der Waals surface area contributed by atoms with Crippen LogP contribution in [0.3, 0.4) is 0 Å². The number of pyridine rings is 1. The van der Waals surface area contributed by atoms with E-state index in [4.69, 9.17) is 9.84 Å². The van der Waals surface area contributed by atoms with Crippen molar-refractivity contribution in [2.75, 3.05) is 0 Å². The Balaban J connectivity index is 1.60. The van der Waals surface area contributed by atoms with Gasteiger partial charge >= 0.3 is 12.3 Å². The molecule has 0 amide bonds. The number of aromatic nitrogens is 3. The first-order valence-corrected chi connectivity index (χ1v) is 10.8.